The van der Waals surface area contributed by atoms with Crippen LogP contribution in [0.25, 0.3) is 11.0 Å². The van der Waals surface area contributed by atoms with Crippen LogP contribution in [0.4, 0.5) is 0 Å². The zero-order valence-corrected chi connectivity index (χ0v) is 17.2. The van der Waals surface area contributed by atoms with Gasteiger partial charge in [-0.25, -0.2) is 9.59 Å². The molecule has 1 aliphatic heterocycles. The molecule has 1 aromatic heterocycles. The van der Waals surface area contributed by atoms with Crippen LogP contribution in [0.1, 0.15) is 22.2 Å². The molecule has 0 spiro atoms. The second-order valence-corrected chi connectivity index (χ2v) is 13.6. The molecule has 0 radical (unpaired) electrons. The summed E-state index contributed by atoms with van der Waals surface area (Å²) in [5, 5.41) is 9.43. The molecular weight excluding hydrogens is 368 g/mol. The summed E-state index contributed by atoms with van der Waals surface area (Å²) in [5.74, 6) is -1.07. The van der Waals surface area contributed by atoms with Gasteiger partial charge >= 0.3 is 11.7 Å². The summed E-state index contributed by atoms with van der Waals surface area (Å²) in [5.41, 5.74) is 1.47. The van der Waals surface area contributed by atoms with Gasteiger partial charge in [0.05, 0.1) is 29.8 Å². The summed E-state index contributed by atoms with van der Waals surface area (Å²) in [7, 11) is 0.388. The standard InChI is InChI=1S/C18H26N2O6Si/c1-19-14-10-12(16(21)22)9-13(17-25-5-6-26-17)15(14)20(18(19)23)11-24-7-8-27(2,3)4/h9-10,17H,5-8,11H2,1-4H3,(H,21,22). The predicted molar refractivity (Wildman–Crippen MR) is 103 cm³/mol. The van der Waals surface area contributed by atoms with Gasteiger partial charge < -0.3 is 19.3 Å². The van der Waals surface area contributed by atoms with Gasteiger partial charge in [0.2, 0.25) is 0 Å². The fourth-order valence-corrected chi connectivity index (χ4v) is 3.82. The van der Waals surface area contributed by atoms with Crippen LogP contribution in [-0.4, -0.2) is 48.1 Å². The zero-order valence-electron chi connectivity index (χ0n) is 16.2. The van der Waals surface area contributed by atoms with Crippen molar-refractivity contribution >= 4 is 25.1 Å². The highest BCUT2D eigenvalue weighted by atomic mass is 28.3. The van der Waals surface area contributed by atoms with Gasteiger partial charge in [-0.3, -0.25) is 9.13 Å². The van der Waals surface area contributed by atoms with Crippen molar-refractivity contribution in [2.75, 3.05) is 19.8 Å². The summed E-state index contributed by atoms with van der Waals surface area (Å²) in [4.78, 5) is 24.3. The minimum Gasteiger partial charge on any atom is -0.478 e. The molecule has 3 rings (SSSR count). The fourth-order valence-electron chi connectivity index (χ4n) is 3.07. The second kappa shape index (κ2) is 7.59. The Hall–Kier alpha value is -1.94. The summed E-state index contributed by atoms with van der Waals surface area (Å²) in [6, 6.07) is 4.01. The molecule has 9 heteroatoms. The zero-order chi connectivity index (χ0) is 19.8. The number of carboxylic acids is 1. The van der Waals surface area contributed by atoms with Gasteiger partial charge in [0.15, 0.2) is 6.29 Å². The van der Waals surface area contributed by atoms with Crippen molar-refractivity contribution in [2.45, 2.75) is 38.7 Å². The van der Waals surface area contributed by atoms with E-state index < -0.39 is 20.3 Å². The SMILES string of the molecule is Cn1c(=O)n(COCC[Si](C)(C)C)c2c(C3OCCO3)cc(C(=O)O)cc21. The van der Waals surface area contributed by atoms with Crippen molar-refractivity contribution < 1.29 is 24.1 Å². The van der Waals surface area contributed by atoms with Crippen molar-refractivity contribution in [1.29, 1.82) is 0 Å². The van der Waals surface area contributed by atoms with Crippen molar-refractivity contribution in [2.24, 2.45) is 7.05 Å². The van der Waals surface area contributed by atoms with Crippen LogP contribution in [0.2, 0.25) is 25.7 Å². The maximum atomic E-state index is 12.8. The van der Waals surface area contributed by atoms with Crippen LogP contribution in [0.5, 0.6) is 0 Å². The molecular formula is C18H26N2O6Si. The first-order chi connectivity index (χ1) is 12.7. The minimum atomic E-state index is -1.23. The van der Waals surface area contributed by atoms with E-state index in [2.05, 4.69) is 19.6 Å². The van der Waals surface area contributed by atoms with Crippen LogP contribution in [0.15, 0.2) is 16.9 Å². The van der Waals surface area contributed by atoms with E-state index in [4.69, 9.17) is 14.2 Å². The molecule has 1 fully saturated rings. The smallest absolute Gasteiger partial charge is 0.335 e. The molecule has 0 bridgehead atoms. The summed E-state index contributed by atoms with van der Waals surface area (Å²) < 4.78 is 19.9. The number of benzene rings is 1. The maximum Gasteiger partial charge on any atom is 0.335 e. The number of fused-ring (bicyclic) bond motifs is 1. The molecule has 2 aromatic rings. The average Bonchev–Trinajstić information content (AvgIpc) is 3.20. The topological polar surface area (TPSA) is 91.9 Å². The maximum absolute atomic E-state index is 12.8. The number of imidazole rings is 1. The highest BCUT2D eigenvalue weighted by Gasteiger charge is 2.26. The van der Waals surface area contributed by atoms with Gasteiger partial charge in [0, 0.05) is 27.3 Å². The van der Waals surface area contributed by atoms with Crippen molar-refractivity contribution in [3.63, 3.8) is 0 Å². The van der Waals surface area contributed by atoms with Crippen LogP contribution in [0, 0.1) is 0 Å². The Kier molecular flexibility index (Phi) is 5.57. The monoisotopic (exact) mass is 394 g/mol. The van der Waals surface area contributed by atoms with Crippen LogP contribution < -0.4 is 5.69 Å². The van der Waals surface area contributed by atoms with Crippen LogP contribution in [-0.2, 0) is 28.0 Å². The molecule has 8 nitrogen and oxygen atoms in total. The van der Waals surface area contributed by atoms with Gasteiger partial charge in [-0.1, -0.05) is 19.6 Å². The summed E-state index contributed by atoms with van der Waals surface area (Å²) in [6.45, 7) is 8.33. The van der Waals surface area contributed by atoms with E-state index in [0.29, 0.717) is 36.4 Å². The number of carboxylic acid groups (broad SMARTS) is 1. The third-order valence-electron chi connectivity index (χ3n) is 4.61. The van der Waals surface area contributed by atoms with Crippen molar-refractivity contribution in [3.8, 4) is 0 Å². The van der Waals surface area contributed by atoms with E-state index >= 15 is 0 Å². The quantitative estimate of drug-likeness (QED) is 0.573. The largest absolute Gasteiger partial charge is 0.478 e. The molecule has 0 atom stereocenters. The van der Waals surface area contributed by atoms with Crippen LogP contribution >= 0.6 is 0 Å². The molecule has 1 aromatic carbocycles. The Morgan fingerprint density at radius 3 is 2.56 bits per heavy atom. The molecule has 0 unspecified atom stereocenters. The van der Waals surface area contributed by atoms with E-state index in [1.54, 1.807) is 7.05 Å². The third-order valence-corrected chi connectivity index (χ3v) is 6.31. The number of aromatic nitrogens is 2. The van der Waals surface area contributed by atoms with E-state index in [-0.39, 0.29) is 18.0 Å². The lowest BCUT2D eigenvalue weighted by atomic mass is 10.1. The first kappa shape index (κ1) is 19.8. The van der Waals surface area contributed by atoms with Crippen LogP contribution in [0.3, 0.4) is 0 Å². The molecule has 148 valence electrons. The molecule has 27 heavy (non-hydrogen) atoms. The number of carbonyl (C=O) groups is 1. The Labute approximate surface area is 158 Å². The van der Waals surface area contributed by atoms with E-state index in [1.165, 1.54) is 21.3 Å². The van der Waals surface area contributed by atoms with Gasteiger partial charge in [-0.2, -0.15) is 0 Å². The normalized spacial score (nSPS) is 15.7. The van der Waals surface area contributed by atoms with Crippen molar-refractivity contribution in [1.82, 2.24) is 9.13 Å². The highest BCUT2D eigenvalue weighted by Crippen LogP contribution is 2.31. The first-order valence-corrected chi connectivity index (χ1v) is 12.7. The molecule has 1 aliphatic rings. The minimum absolute atomic E-state index is 0.0870. The second-order valence-electron chi connectivity index (χ2n) is 7.93. The number of hydrogen-bond acceptors (Lipinski definition) is 5. The number of nitrogens with zero attached hydrogens (tertiary/aromatic N) is 2. The van der Waals surface area contributed by atoms with Gasteiger partial charge in [0.25, 0.3) is 0 Å². The number of rotatable bonds is 7. The van der Waals surface area contributed by atoms with E-state index in [9.17, 15) is 14.7 Å². The van der Waals surface area contributed by atoms with Gasteiger partial charge in [0.1, 0.15) is 6.73 Å². The Balaban J connectivity index is 2.03. The Bertz CT molecular complexity index is 905. The molecule has 0 saturated carbocycles. The molecule has 2 heterocycles. The van der Waals surface area contributed by atoms with Crippen molar-refractivity contribution in [3.05, 3.63) is 33.7 Å². The number of ether oxygens (including phenoxy) is 3. The Morgan fingerprint density at radius 1 is 1.30 bits per heavy atom. The summed E-state index contributed by atoms with van der Waals surface area (Å²) in [6.07, 6.45) is -0.693. The molecule has 0 amide bonds. The van der Waals surface area contributed by atoms with Gasteiger partial charge in [-0.05, 0) is 18.2 Å². The number of aromatic carboxylic acids is 1. The third kappa shape index (κ3) is 4.16. The average molecular weight is 395 g/mol. The lowest BCUT2D eigenvalue weighted by molar-refractivity contribution is -0.0434. The van der Waals surface area contributed by atoms with E-state index in [1.807, 2.05) is 0 Å². The molecule has 1 N–H and O–H groups in total. The molecule has 1 saturated heterocycles. The predicted octanol–water partition coefficient (Wildman–Crippen LogP) is 2.40. The fraction of sp³-hybridized carbons (Fsp3) is 0.556. The lowest BCUT2D eigenvalue weighted by Crippen LogP contribution is -2.26. The van der Waals surface area contributed by atoms with Gasteiger partial charge in [-0.15, -0.1) is 0 Å². The summed E-state index contributed by atoms with van der Waals surface area (Å²) >= 11 is 0. The Morgan fingerprint density at radius 2 is 1.96 bits per heavy atom. The molecule has 0 aliphatic carbocycles. The highest BCUT2D eigenvalue weighted by molar-refractivity contribution is 6.76. The number of aryl methyl sites for hydroxylation is 1. The van der Waals surface area contributed by atoms with E-state index in [0.717, 1.165) is 6.04 Å². The number of hydrogen-bond donors (Lipinski definition) is 1. The lowest BCUT2D eigenvalue weighted by Gasteiger charge is -2.16. The first-order valence-electron chi connectivity index (χ1n) is 8.96.